The van der Waals surface area contributed by atoms with Crippen LogP contribution in [0.25, 0.3) is 0 Å². The Kier molecular flexibility index (Phi) is 5.54. The third-order valence-electron chi connectivity index (χ3n) is 3.09. The van der Waals surface area contributed by atoms with Gasteiger partial charge in [0, 0.05) is 10.6 Å². The molecule has 0 saturated heterocycles. The van der Waals surface area contributed by atoms with Crippen LogP contribution in [0.5, 0.6) is 0 Å². The Balaban J connectivity index is 1.93. The molecule has 2 nitrogen and oxygen atoms in total. The lowest BCUT2D eigenvalue weighted by atomic mass is 10.0. The minimum atomic E-state index is -0.0264. The monoisotopic (exact) mass is 302 g/mol. The lowest BCUT2D eigenvalue weighted by Gasteiger charge is -2.18. The van der Waals surface area contributed by atoms with E-state index in [4.69, 9.17) is 16.3 Å². The molecule has 0 heterocycles. The van der Waals surface area contributed by atoms with E-state index in [9.17, 15) is 4.79 Å². The summed E-state index contributed by atoms with van der Waals surface area (Å²) in [5, 5.41) is 0.629. The Bertz CT molecular complexity index is 580. The highest BCUT2D eigenvalue weighted by atomic mass is 35.5. The van der Waals surface area contributed by atoms with Gasteiger partial charge in [0.2, 0.25) is 0 Å². The fraction of sp³-hybridized carbons (Fsp3) is 0.278. The van der Waals surface area contributed by atoms with Crippen LogP contribution < -0.4 is 0 Å². The second-order valence-electron chi connectivity index (χ2n) is 5.23. The molecule has 0 amide bonds. The molecule has 0 aromatic heterocycles. The molecule has 1 atom stereocenters. The van der Waals surface area contributed by atoms with Gasteiger partial charge in [-0.2, -0.15) is 0 Å². The van der Waals surface area contributed by atoms with E-state index in [1.807, 2.05) is 32.1 Å². The van der Waals surface area contributed by atoms with Crippen LogP contribution in [0, 0.1) is 0 Å². The van der Waals surface area contributed by atoms with E-state index in [0.717, 1.165) is 12.0 Å². The molecule has 0 saturated carbocycles. The summed E-state index contributed by atoms with van der Waals surface area (Å²) in [5.74, 6) is -0.0264. The fourth-order valence-corrected chi connectivity index (χ4v) is 2.20. The summed E-state index contributed by atoms with van der Waals surface area (Å²) in [6.45, 7) is 4.05. The minimum Gasteiger partial charge on any atom is -0.371 e. The second-order valence-corrected chi connectivity index (χ2v) is 5.66. The van der Waals surface area contributed by atoms with Crippen LogP contribution in [0.4, 0.5) is 0 Å². The maximum absolute atomic E-state index is 12.0. The molecule has 1 aliphatic rings. The van der Waals surface area contributed by atoms with Crippen molar-refractivity contribution in [2.24, 2.45) is 0 Å². The smallest absolute Gasteiger partial charge is 0.185 e. The van der Waals surface area contributed by atoms with Crippen molar-refractivity contribution < 1.29 is 9.53 Å². The fourth-order valence-electron chi connectivity index (χ4n) is 2.07. The highest BCUT2D eigenvalue weighted by molar-refractivity contribution is 6.30. The topological polar surface area (TPSA) is 26.3 Å². The molecule has 0 N–H and O–H groups in total. The Labute approximate surface area is 130 Å². The highest BCUT2D eigenvalue weighted by Gasteiger charge is 2.09. The molecule has 110 valence electrons. The van der Waals surface area contributed by atoms with E-state index in [1.165, 1.54) is 0 Å². The molecular formula is C18H19ClO2. The van der Waals surface area contributed by atoms with Gasteiger partial charge in [-0.05, 0) is 56.2 Å². The molecule has 3 heteroatoms. The van der Waals surface area contributed by atoms with Crippen molar-refractivity contribution >= 4 is 17.4 Å². The van der Waals surface area contributed by atoms with E-state index in [1.54, 1.807) is 30.3 Å². The first-order chi connectivity index (χ1) is 10.0. The van der Waals surface area contributed by atoms with Crippen LogP contribution in [0.3, 0.4) is 0 Å². The molecule has 1 aromatic rings. The van der Waals surface area contributed by atoms with Crippen LogP contribution in [0.1, 0.15) is 30.6 Å². The summed E-state index contributed by atoms with van der Waals surface area (Å²) in [6, 6.07) is 6.89. The Morgan fingerprint density at radius 3 is 2.62 bits per heavy atom. The lowest BCUT2D eigenvalue weighted by Crippen LogP contribution is -2.16. The molecule has 1 aromatic carbocycles. The molecule has 2 rings (SSSR count). The van der Waals surface area contributed by atoms with Gasteiger partial charge in [-0.15, -0.1) is 0 Å². The lowest BCUT2D eigenvalue weighted by molar-refractivity contribution is 0.0367. The third-order valence-corrected chi connectivity index (χ3v) is 3.34. The second kappa shape index (κ2) is 7.39. The first kappa shape index (κ1) is 15.7. The number of halogens is 1. The quantitative estimate of drug-likeness (QED) is 0.579. The Morgan fingerprint density at radius 1 is 1.33 bits per heavy atom. The maximum atomic E-state index is 12.0. The zero-order valence-electron chi connectivity index (χ0n) is 12.3. The normalized spacial score (nSPS) is 18.3. The zero-order valence-corrected chi connectivity index (χ0v) is 13.0. The predicted octanol–water partition coefficient (Wildman–Crippen LogP) is 4.76. The molecule has 0 fully saturated rings. The minimum absolute atomic E-state index is 0.0264. The summed E-state index contributed by atoms with van der Waals surface area (Å²) < 4.78 is 5.71. The molecular weight excluding hydrogens is 284 g/mol. The molecule has 0 radical (unpaired) electrons. The average molecular weight is 303 g/mol. The van der Waals surface area contributed by atoms with Crippen molar-refractivity contribution in [2.45, 2.75) is 32.5 Å². The van der Waals surface area contributed by atoms with E-state index < -0.39 is 0 Å². The number of rotatable bonds is 5. The van der Waals surface area contributed by atoms with Crippen LogP contribution in [0.2, 0.25) is 5.02 Å². The van der Waals surface area contributed by atoms with Crippen LogP contribution >= 0.6 is 11.6 Å². The van der Waals surface area contributed by atoms with Crippen LogP contribution in [0.15, 0.2) is 60.2 Å². The Morgan fingerprint density at radius 2 is 2.05 bits per heavy atom. The van der Waals surface area contributed by atoms with Gasteiger partial charge in [0.25, 0.3) is 0 Å². The van der Waals surface area contributed by atoms with Gasteiger partial charge in [0.05, 0.1) is 12.2 Å². The van der Waals surface area contributed by atoms with Gasteiger partial charge in [-0.25, -0.2) is 0 Å². The van der Waals surface area contributed by atoms with E-state index in [0.29, 0.717) is 10.6 Å². The van der Waals surface area contributed by atoms with E-state index >= 15 is 0 Å². The number of ether oxygens (including phenoxy) is 1. The molecule has 0 bridgehead atoms. The maximum Gasteiger partial charge on any atom is 0.185 e. The van der Waals surface area contributed by atoms with Gasteiger partial charge >= 0.3 is 0 Å². The number of allylic oxidation sites excluding steroid dienone is 4. The van der Waals surface area contributed by atoms with Gasteiger partial charge in [-0.1, -0.05) is 35.9 Å². The molecule has 1 unspecified atom stereocenters. The number of hydrogen-bond donors (Lipinski definition) is 0. The third kappa shape index (κ3) is 5.00. The number of carbonyl (C=O) groups is 1. The zero-order chi connectivity index (χ0) is 15.2. The number of benzene rings is 1. The SMILES string of the molecule is CC(C)OC1C=CC(/C=C/C(=O)c2ccc(Cl)cc2)=CC1. The summed E-state index contributed by atoms with van der Waals surface area (Å²) >= 11 is 5.81. The van der Waals surface area contributed by atoms with E-state index in [2.05, 4.69) is 6.08 Å². The average Bonchev–Trinajstić information content (AvgIpc) is 2.46. The van der Waals surface area contributed by atoms with Crippen molar-refractivity contribution in [1.29, 1.82) is 0 Å². The molecule has 1 aliphatic carbocycles. The van der Waals surface area contributed by atoms with E-state index in [-0.39, 0.29) is 18.0 Å². The van der Waals surface area contributed by atoms with Gasteiger partial charge in [-0.3, -0.25) is 4.79 Å². The van der Waals surface area contributed by atoms with Crippen molar-refractivity contribution in [3.8, 4) is 0 Å². The van der Waals surface area contributed by atoms with Crippen LogP contribution in [-0.2, 0) is 4.74 Å². The van der Waals surface area contributed by atoms with Gasteiger partial charge in [0.15, 0.2) is 5.78 Å². The largest absolute Gasteiger partial charge is 0.371 e. The van der Waals surface area contributed by atoms with Gasteiger partial charge in [0.1, 0.15) is 0 Å². The van der Waals surface area contributed by atoms with Crippen molar-refractivity contribution in [2.75, 3.05) is 0 Å². The van der Waals surface area contributed by atoms with Crippen molar-refractivity contribution in [3.63, 3.8) is 0 Å². The Hall–Kier alpha value is -1.64. The molecule has 0 aliphatic heterocycles. The summed E-state index contributed by atoms with van der Waals surface area (Å²) in [5.41, 5.74) is 1.66. The van der Waals surface area contributed by atoms with Crippen molar-refractivity contribution in [3.05, 3.63) is 70.8 Å². The molecule has 21 heavy (non-hydrogen) atoms. The standard InChI is InChI=1S/C18H19ClO2/c1-13(2)21-17-10-3-14(4-11-17)5-12-18(20)15-6-8-16(19)9-7-15/h3-10,12-13,17H,11H2,1-2H3/b12-5+. The molecule has 0 spiro atoms. The predicted molar refractivity (Wildman–Crippen MR) is 86.8 cm³/mol. The number of hydrogen-bond acceptors (Lipinski definition) is 2. The highest BCUT2D eigenvalue weighted by Crippen LogP contribution is 2.16. The summed E-state index contributed by atoms with van der Waals surface area (Å²) in [6.07, 6.45) is 10.7. The summed E-state index contributed by atoms with van der Waals surface area (Å²) in [7, 11) is 0. The first-order valence-electron chi connectivity index (χ1n) is 7.06. The summed E-state index contributed by atoms with van der Waals surface area (Å²) in [4.78, 5) is 12.0. The van der Waals surface area contributed by atoms with Crippen molar-refractivity contribution in [1.82, 2.24) is 0 Å². The van der Waals surface area contributed by atoms with Crippen LogP contribution in [-0.4, -0.2) is 18.0 Å². The first-order valence-corrected chi connectivity index (χ1v) is 7.44. The number of carbonyl (C=O) groups excluding carboxylic acids is 1. The number of ketones is 1. The van der Waals surface area contributed by atoms with Gasteiger partial charge < -0.3 is 4.74 Å².